The molecule has 6 nitrogen and oxygen atoms in total. The molecule has 0 saturated carbocycles. The third-order valence-corrected chi connectivity index (χ3v) is 5.11. The molecular formula is C20H25N3O3. The van der Waals surface area contributed by atoms with Crippen LogP contribution in [0, 0.1) is 0 Å². The summed E-state index contributed by atoms with van der Waals surface area (Å²) in [6.45, 7) is 5.25. The van der Waals surface area contributed by atoms with E-state index in [1.165, 1.54) is 10.9 Å². The minimum atomic E-state index is -0.910. The molecule has 1 aliphatic rings. The van der Waals surface area contributed by atoms with Gasteiger partial charge >= 0.3 is 0 Å². The predicted molar refractivity (Wildman–Crippen MR) is 98.6 cm³/mol. The molecule has 2 N–H and O–H groups in total. The molecule has 138 valence electrons. The second-order valence-electron chi connectivity index (χ2n) is 6.90. The summed E-state index contributed by atoms with van der Waals surface area (Å²) in [4.78, 5) is 2.41. The summed E-state index contributed by atoms with van der Waals surface area (Å²) in [6.07, 6.45) is 0.968. The normalized spacial score (nSPS) is 16.6. The molecule has 26 heavy (non-hydrogen) atoms. The lowest BCUT2D eigenvalue weighted by molar-refractivity contribution is 0.0916. The van der Waals surface area contributed by atoms with Crippen molar-refractivity contribution in [1.82, 2.24) is 14.7 Å². The van der Waals surface area contributed by atoms with Crippen LogP contribution in [0.5, 0.6) is 0 Å². The van der Waals surface area contributed by atoms with Gasteiger partial charge in [-0.3, -0.25) is 9.58 Å². The van der Waals surface area contributed by atoms with E-state index in [4.69, 9.17) is 9.52 Å². The first-order valence-corrected chi connectivity index (χ1v) is 9.26. The van der Waals surface area contributed by atoms with E-state index < -0.39 is 6.10 Å². The van der Waals surface area contributed by atoms with Gasteiger partial charge in [0.15, 0.2) is 0 Å². The van der Waals surface area contributed by atoms with Gasteiger partial charge in [0, 0.05) is 43.5 Å². The maximum Gasteiger partial charge on any atom is 0.134 e. The Hall–Kier alpha value is -2.15. The number of aliphatic hydroxyl groups excluding tert-OH is 2. The number of hydrogen-bond donors (Lipinski definition) is 2. The van der Waals surface area contributed by atoms with Gasteiger partial charge in [0.05, 0.1) is 18.0 Å². The maximum atomic E-state index is 9.86. The summed E-state index contributed by atoms with van der Waals surface area (Å²) in [5.41, 5.74) is 3.85. The molecule has 4 rings (SSSR count). The highest BCUT2D eigenvalue weighted by Gasteiger charge is 2.22. The minimum Gasteiger partial charge on any atom is -0.461 e. The van der Waals surface area contributed by atoms with Gasteiger partial charge in [-0.1, -0.05) is 25.1 Å². The van der Waals surface area contributed by atoms with E-state index >= 15 is 0 Å². The number of rotatable bonds is 5. The Kier molecular flexibility index (Phi) is 4.80. The van der Waals surface area contributed by atoms with Crippen LogP contribution in [0.1, 0.15) is 42.2 Å². The van der Waals surface area contributed by atoms with Crippen molar-refractivity contribution in [2.24, 2.45) is 0 Å². The molecular weight excluding hydrogens is 330 g/mol. The Morgan fingerprint density at radius 1 is 1.27 bits per heavy atom. The largest absolute Gasteiger partial charge is 0.461 e. The third-order valence-electron chi connectivity index (χ3n) is 5.11. The second-order valence-corrected chi connectivity index (χ2v) is 6.90. The number of aromatic nitrogens is 2. The molecule has 1 unspecified atom stereocenters. The van der Waals surface area contributed by atoms with Gasteiger partial charge in [-0.05, 0) is 18.6 Å². The highest BCUT2D eigenvalue weighted by Crippen LogP contribution is 2.29. The molecule has 0 radical (unpaired) electrons. The van der Waals surface area contributed by atoms with Crippen LogP contribution in [0.3, 0.4) is 0 Å². The summed E-state index contributed by atoms with van der Waals surface area (Å²) in [6, 6.07) is 10.1. The summed E-state index contributed by atoms with van der Waals surface area (Å²) >= 11 is 0. The first-order chi connectivity index (χ1) is 12.7. The van der Waals surface area contributed by atoms with E-state index in [1.807, 2.05) is 22.9 Å². The zero-order valence-electron chi connectivity index (χ0n) is 15.1. The molecule has 2 aromatic heterocycles. The SMILES string of the molecule is CCc1oc2ccccc2c1CN1CCCn2nc(C(O)CO)cc2C1. The standard InChI is InChI=1S/C20H25N3O3/c1-2-19-16(15-6-3-4-7-20(15)26-19)12-22-8-5-9-23-14(11-22)10-17(21-23)18(25)13-24/h3-4,6-7,10,18,24-25H,2,5,8-9,11-13H2,1H3. The zero-order valence-corrected chi connectivity index (χ0v) is 15.1. The molecule has 3 heterocycles. The van der Waals surface area contributed by atoms with Crippen LogP contribution in [-0.4, -0.2) is 38.0 Å². The second kappa shape index (κ2) is 7.23. The number of hydrogen-bond acceptors (Lipinski definition) is 5. The van der Waals surface area contributed by atoms with Crippen LogP contribution in [0.2, 0.25) is 0 Å². The van der Waals surface area contributed by atoms with Crippen molar-refractivity contribution < 1.29 is 14.6 Å². The van der Waals surface area contributed by atoms with E-state index in [1.54, 1.807) is 0 Å². The molecule has 1 atom stereocenters. The Labute approximate surface area is 152 Å². The zero-order chi connectivity index (χ0) is 18.1. The fourth-order valence-electron chi connectivity index (χ4n) is 3.77. The number of para-hydroxylation sites is 1. The van der Waals surface area contributed by atoms with Crippen molar-refractivity contribution in [3.05, 3.63) is 53.0 Å². The van der Waals surface area contributed by atoms with Crippen molar-refractivity contribution >= 4 is 11.0 Å². The summed E-state index contributed by atoms with van der Waals surface area (Å²) < 4.78 is 8.00. The monoisotopic (exact) mass is 355 g/mol. The molecule has 1 aliphatic heterocycles. The van der Waals surface area contributed by atoms with Crippen LogP contribution in [-0.2, 0) is 26.1 Å². The highest BCUT2D eigenvalue weighted by molar-refractivity contribution is 5.82. The van der Waals surface area contributed by atoms with E-state index in [9.17, 15) is 5.11 Å². The molecule has 0 saturated heterocycles. The molecule has 0 spiro atoms. The molecule has 3 aromatic rings. The quantitative estimate of drug-likeness (QED) is 0.736. The first kappa shape index (κ1) is 17.3. The number of fused-ring (bicyclic) bond motifs is 2. The summed E-state index contributed by atoms with van der Waals surface area (Å²) in [5.74, 6) is 1.06. The van der Waals surface area contributed by atoms with Crippen LogP contribution in [0.25, 0.3) is 11.0 Å². The fraction of sp³-hybridized carbons (Fsp3) is 0.450. The average Bonchev–Trinajstić information content (AvgIpc) is 3.17. The van der Waals surface area contributed by atoms with Crippen molar-refractivity contribution in [2.45, 2.75) is 45.5 Å². The number of furan rings is 1. The molecule has 0 amide bonds. The van der Waals surface area contributed by atoms with Crippen LogP contribution < -0.4 is 0 Å². The van der Waals surface area contributed by atoms with Gasteiger partial charge in [-0.25, -0.2) is 0 Å². The number of nitrogens with zero attached hydrogens (tertiary/aromatic N) is 3. The smallest absolute Gasteiger partial charge is 0.134 e. The maximum absolute atomic E-state index is 9.86. The number of aliphatic hydroxyl groups is 2. The van der Waals surface area contributed by atoms with E-state index in [2.05, 4.69) is 29.1 Å². The van der Waals surface area contributed by atoms with Crippen molar-refractivity contribution in [3.8, 4) is 0 Å². The third kappa shape index (κ3) is 3.16. The Morgan fingerprint density at radius 2 is 2.12 bits per heavy atom. The van der Waals surface area contributed by atoms with Crippen molar-refractivity contribution in [3.63, 3.8) is 0 Å². The van der Waals surface area contributed by atoms with Crippen LogP contribution in [0.4, 0.5) is 0 Å². The molecule has 0 aliphatic carbocycles. The average molecular weight is 355 g/mol. The van der Waals surface area contributed by atoms with Gasteiger partial charge in [0.2, 0.25) is 0 Å². The van der Waals surface area contributed by atoms with Gasteiger partial charge < -0.3 is 14.6 Å². The van der Waals surface area contributed by atoms with Gasteiger partial charge in [-0.15, -0.1) is 0 Å². The van der Waals surface area contributed by atoms with E-state index in [0.29, 0.717) is 5.69 Å². The van der Waals surface area contributed by atoms with Gasteiger partial charge in [0.1, 0.15) is 17.4 Å². The van der Waals surface area contributed by atoms with Crippen molar-refractivity contribution in [2.75, 3.05) is 13.2 Å². The minimum absolute atomic E-state index is 0.305. The fourth-order valence-corrected chi connectivity index (χ4v) is 3.77. The van der Waals surface area contributed by atoms with Crippen LogP contribution >= 0.6 is 0 Å². The van der Waals surface area contributed by atoms with Gasteiger partial charge in [-0.2, -0.15) is 5.10 Å². The number of aryl methyl sites for hydroxylation is 2. The highest BCUT2D eigenvalue weighted by atomic mass is 16.3. The molecule has 1 aromatic carbocycles. The number of benzene rings is 1. The van der Waals surface area contributed by atoms with E-state index in [-0.39, 0.29) is 6.61 Å². The van der Waals surface area contributed by atoms with E-state index in [0.717, 1.165) is 56.1 Å². The first-order valence-electron chi connectivity index (χ1n) is 9.26. The molecule has 6 heteroatoms. The van der Waals surface area contributed by atoms with Crippen molar-refractivity contribution in [1.29, 1.82) is 0 Å². The predicted octanol–water partition coefficient (Wildman–Crippen LogP) is 2.62. The van der Waals surface area contributed by atoms with Crippen LogP contribution in [0.15, 0.2) is 34.7 Å². The lowest BCUT2D eigenvalue weighted by atomic mass is 10.1. The van der Waals surface area contributed by atoms with Gasteiger partial charge in [0.25, 0.3) is 0 Å². The Bertz CT molecular complexity index is 899. The lowest BCUT2D eigenvalue weighted by Gasteiger charge is -2.19. The topological polar surface area (TPSA) is 74.7 Å². The summed E-state index contributed by atoms with van der Waals surface area (Å²) in [7, 11) is 0. The Morgan fingerprint density at radius 3 is 2.92 bits per heavy atom. The lowest BCUT2D eigenvalue weighted by Crippen LogP contribution is -2.23. The summed E-state index contributed by atoms with van der Waals surface area (Å²) in [5, 5.41) is 24.7. The molecule has 0 bridgehead atoms. The molecule has 0 fully saturated rings. The Balaban J connectivity index is 1.60.